The van der Waals surface area contributed by atoms with Crippen molar-refractivity contribution in [3.8, 4) is 0 Å². The van der Waals surface area contributed by atoms with Crippen LogP contribution in [0.2, 0.25) is 0 Å². The summed E-state index contributed by atoms with van der Waals surface area (Å²) in [5.41, 5.74) is 4.51. The van der Waals surface area contributed by atoms with Crippen molar-refractivity contribution in [2.75, 3.05) is 31.6 Å². The zero-order valence-corrected chi connectivity index (χ0v) is 16.0. The Hall–Kier alpha value is -2.37. The van der Waals surface area contributed by atoms with Gasteiger partial charge in [-0.2, -0.15) is 0 Å². The maximum Gasteiger partial charge on any atom is 0.319 e. The second-order valence-corrected chi connectivity index (χ2v) is 6.91. The molecule has 0 aliphatic carbocycles. The number of anilines is 1. The zero-order valence-electron chi connectivity index (χ0n) is 16.0. The van der Waals surface area contributed by atoms with Crippen LogP contribution in [-0.2, 0) is 24.2 Å². The average molecular weight is 367 g/mol. The van der Waals surface area contributed by atoms with Crippen LogP contribution in [0.3, 0.4) is 0 Å². The molecule has 3 rings (SSSR count). The monoisotopic (exact) mass is 367 g/mol. The first-order chi connectivity index (χ1) is 13.2. The summed E-state index contributed by atoms with van der Waals surface area (Å²) in [6.07, 6.45) is 2.18. The van der Waals surface area contributed by atoms with Crippen LogP contribution in [0.1, 0.15) is 30.0 Å². The Bertz CT molecular complexity index is 725. The van der Waals surface area contributed by atoms with Gasteiger partial charge in [-0.05, 0) is 35.2 Å². The first-order valence-corrected chi connectivity index (χ1v) is 9.75. The molecule has 1 aliphatic rings. The Labute approximate surface area is 161 Å². The SMILES string of the molecule is CCCc1ccc(NC(=O)NCc2ccccc2CN2CCOCC2)cc1. The van der Waals surface area contributed by atoms with E-state index in [2.05, 4.69) is 52.8 Å². The summed E-state index contributed by atoms with van der Waals surface area (Å²) in [6.45, 7) is 7.06. The minimum atomic E-state index is -0.181. The van der Waals surface area contributed by atoms with Gasteiger partial charge in [0.1, 0.15) is 0 Å². The Balaban J connectivity index is 1.52. The molecule has 0 saturated carbocycles. The molecular weight excluding hydrogens is 338 g/mol. The van der Waals surface area contributed by atoms with Crippen LogP contribution in [0, 0.1) is 0 Å². The zero-order chi connectivity index (χ0) is 18.9. The van der Waals surface area contributed by atoms with Gasteiger partial charge in [0.15, 0.2) is 0 Å². The summed E-state index contributed by atoms with van der Waals surface area (Å²) >= 11 is 0. The van der Waals surface area contributed by atoms with Crippen LogP contribution in [0.15, 0.2) is 48.5 Å². The molecule has 2 aromatic rings. The molecule has 0 spiro atoms. The molecule has 0 atom stereocenters. The number of hydrogen-bond donors (Lipinski definition) is 2. The van der Waals surface area contributed by atoms with Gasteiger partial charge < -0.3 is 15.4 Å². The van der Waals surface area contributed by atoms with Crippen LogP contribution in [0.25, 0.3) is 0 Å². The van der Waals surface area contributed by atoms with Gasteiger partial charge in [-0.1, -0.05) is 49.7 Å². The molecule has 1 saturated heterocycles. The molecular formula is C22H29N3O2. The summed E-state index contributed by atoms with van der Waals surface area (Å²) < 4.78 is 5.42. The molecule has 0 bridgehead atoms. The van der Waals surface area contributed by atoms with Gasteiger partial charge in [-0.25, -0.2) is 4.79 Å². The Kier molecular flexibility index (Phi) is 7.25. The topological polar surface area (TPSA) is 53.6 Å². The van der Waals surface area contributed by atoms with Gasteiger partial charge in [-0.15, -0.1) is 0 Å². The van der Waals surface area contributed by atoms with Gasteiger partial charge in [0, 0.05) is 31.9 Å². The second-order valence-electron chi connectivity index (χ2n) is 6.91. The van der Waals surface area contributed by atoms with Crippen LogP contribution in [-0.4, -0.2) is 37.2 Å². The van der Waals surface area contributed by atoms with Gasteiger partial charge >= 0.3 is 6.03 Å². The van der Waals surface area contributed by atoms with Gasteiger partial charge in [-0.3, -0.25) is 4.90 Å². The summed E-state index contributed by atoms with van der Waals surface area (Å²) in [6, 6.07) is 16.1. The summed E-state index contributed by atoms with van der Waals surface area (Å²) in [5.74, 6) is 0. The van der Waals surface area contributed by atoms with Crippen molar-refractivity contribution in [1.82, 2.24) is 10.2 Å². The lowest BCUT2D eigenvalue weighted by Crippen LogP contribution is -2.36. The Morgan fingerprint density at radius 1 is 1.04 bits per heavy atom. The molecule has 1 fully saturated rings. The first kappa shape index (κ1) is 19.4. The number of rotatable bonds is 7. The maximum atomic E-state index is 12.2. The van der Waals surface area contributed by atoms with Gasteiger partial charge in [0.25, 0.3) is 0 Å². The number of amides is 2. The fourth-order valence-electron chi connectivity index (χ4n) is 3.28. The maximum absolute atomic E-state index is 12.2. The third kappa shape index (κ3) is 6.08. The average Bonchev–Trinajstić information content (AvgIpc) is 2.70. The number of nitrogens with one attached hydrogen (secondary N) is 2. The minimum absolute atomic E-state index is 0.181. The van der Waals surface area contributed by atoms with E-state index in [1.54, 1.807) is 0 Å². The van der Waals surface area contributed by atoms with Crippen LogP contribution >= 0.6 is 0 Å². The number of hydrogen-bond acceptors (Lipinski definition) is 3. The fourth-order valence-corrected chi connectivity index (χ4v) is 3.28. The highest BCUT2D eigenvalue weighted by atomic mass is 16.5. The van der Waals surface area contributed by atoms with Crippen molar-refractivity contribution in [2.24, 2.45) is 0 Å². The predicted molar refractivity (Wildman–Crippen MR) is 109 cm³/mol. The highest BCUT2D eigenvalue weighted by Crippen LogP contribution is 2.14. The number of benzene rings is 2. The summed E-state index contributed by atoms with van der Waals surface area (Å²) in [7, 11) is 0. The van der Waals surface area contributed by atoms with Crippen LogP contribution < -0.4 is 10.6 Å². The Morgan fingerprint density at radius 3 is 2.44 bits per heavy atom. The standard InChI is InChI=1S/C22H29N3O2/c1-2-5-18-8-10-21(11-9-18)24-22(26)23-16-19-6-3-4-7-20(19)17-25-12-14-27-15-13-25/h3-4,6-11H,2,5,12-17H2,1H3,(H2,23,24,26). The number of carbonyl (C=O) groups excluding carboxylic acids is 1. The number of urea groups is 1. The molecule has 1 aliphatic heterocycles. The van der Waals surface area contributed by atoms with E-state index in [0.717, 1.165) is 56.9 Å². The third-order valence-electron chi connectivity index (χ3n) is 4.81. The van der Waals surface area contributed by atoms with E-state index in [0.29, 0.717) is 6.54 Å². The highest BCUT2D eigenvalue weighted by Gasteiger charge is 2.13. The van der Waals surface area contributed by atoms with Crippen molar-refractivity contribution in [2.45, 2.75) is 32.9 Å². The molecule has 27 heavy (non-hydrogen) atoms. The predicted octanol–water partition coefficient (Wildman–Crippen LogP) is 3.79. The number of carbonyl (C=O) groups is 1. The molecule has 1 heterocycles. The molecule has 2 aromatic carbocycles. The molecule has 144 valence electrons. The van der Waals surface area contributed by atoms with E-state index in [9.17, 15) is 4.79 Å². The van der Waals surface area contributed by atoms with Crippen molar-refractivity contribution < 1.29 is 9.53 Å². The van der Waals surface area contributed by atoms with Crippen LogP contribution in [0.5, 0.6) is 0 Å². The summed E-state index contributed by atoms with van der Waals surface area (Å²) in [5, 5.41) is 5.88. The molecule has 5 nitrogen and oxygen atoms in total. The van der Waals surface area contributed by atoms with Crippen molar-refractivity contribution in [1.29, 1.82) is 0 Å². The largest absolute Gasteiger partial charge is 0.379 e. The van der Waals surface area contributed by atoms with Crippen LogP contribution in [0.4, 0.5) is 10.5 Å². The number of ether oxygens (including phenoxy) is 1. The van der Waals surface area contributed by atoms with E-state index < -0.39 is 0 Å². The first-order valence-electron chi connectivity index (χ1n) is 9.75. The molecule has 5 heteroatoms. The molecule has 2 amide bonds. The lowest BCUT2D eigenvalue weighted by Gasteiger charge is -2.27. The quantitative estimate of drug-likeness (QED) is 0.783. The van der Waals surface area contributed by atoms with E-state index in [1.807, 2.05) is 18.2 Å². The van der Waals surface area contributed by atoms with Crippen molar-refractivity contribution >= 4 is 11.7 Å². The van der Waals surface area contributed by atoms with Gasteiger partial charge in [0.05, 0.1) is 13.2 Å². The minimum Gasteiger partial charge on any atom is -0.379 e. The molecule has 0 radical (unpaired) electrons. The Morgan fingerprint density at radius 2 is 1.74 bits per heavy atom. The smallest absolute Gasteiger partial charge is 0.319 e. The number of morpholine rings is 1. The molecule has 2 N–H and O–H groups in total. The third-order valence-corrected chi connectivity index (χ3v) is 4.81. The van der Waals surface area contributed by atoms with Crippen molar-refractivity contribution in [3.05, 3.63) is 65.2 Å². The number of aryl methyl sites for hydroxylation is 1. The van der Waals surface area contributed by atoms with E-state index in [1.165, 1.54) is 11.1 Å². The highest BCUT2D eigenvalue weighted by molar-refractivity contribution is 5.89. The van der Waals surface area contributed by atoms with E-state index >= 15 is 0 Å². The lowest BCUT2D eigenvalue weighted by atomic mass is 10.1. The van der Waals surface area contributed by atoms with Gasteiger partial charge in [0.2, 0.25) is 0 Å². The lowest BCUT2D eigenvalue weighted by molar-refractivity contribution is 0.0341. The fraction of sp³-hybridized carbons (Fsp3) is 0.409. The number of nitrogens with zero attached hydrogens (tertiary/aromatic N) is 1. The summed E-state index contributed by atoms with van der Waals surface area (Å²) in [4.78, 5) is 14.6. The van der Waals surface area contributed by atoms with E-state index in [4.69, 9.17) is 4.74 Å². The second kappa shape index (κ2) is 10.1. The van der Waals surface area contributed by atoms with E-state index in [-0.39, 0.29) is 6.03 Å². The normalized spacial score (nSPS) is 14.7. The molecule has 0 unspecified atom stereocenters. The molecule has 0 aromatic heterocycles. The van der Waals surface area contributed by atoms with Crippen molar-refractivity contribution in [3.63, 3.8) is 0 Å².